The molecule has 1 heterocycles. The number of aliphatic hydroxyl groups is 1. The molecule has 0 aliphatic carbocycles. The number of aromatic nitrogens is 2. The predicted molar refractivity (Wildman–Crippen MR) is 65.5 cm³/mol. The molecule has 0 aliphatic rings. The average molecular weight is 234 g/mol. The van der Waals surface area contributed by atoms with Crippen LogP contribution in [0.1, 0.15) is 17.4 Å². The van der Waals surface area contributed by atoms with Gasteiger partial charge < -0.3 is 5.11 Å². The third-order valence-electron chi connectivity index (χ3n) is 2.57. The molecule has 3 nitrogen and oxygen atoms in total. The van der Waals surface area contributed by atoms with Gasteiger partial charge in [0.1, 0.15) is 6.10 Å². The highest BCUT2D eigenvalue weighted by Crippen LogP contribution is 2.23. The van der Waals surface area contributed by atoms with Crippen molar-refractivity contribution in [1.82, 2.24) is 9.78 Å². The van der Waals surface area contributed by atoms with Crippen LogP contribution < -0.4 is 0 Å². The zero-order valence-corrected chi connectivity index (χ0v) is 10.1. The lowest BCUT2D eigenvalue weighted by Crippen LogP contribution is -2.06. The first-order valence-corrected chi connectivity index (χ1v) is 6.25. The lowest BCUT2D eigenvalue weighted by atomic mass is 10.1. The predicted octanol–water partition coefficient (Wildman–Crippen LogP) is 2.22. The second kappa shape index (κ2) is 4.72. The molecule has 16 heavy (non-hydrogen) atoms. The van der Waals surface area contributed by atoms with Crippen LogP contribution in [0.5, 0.6) is 0 Å². The van der Waals surface area contributed by atoms with Crippen LogP contribution in [-0.2, 0) is 7.05 Å². The van der Waals surface area contributed by atoms with E-state index >= 15 is 0 Å². The number of hydrogen-bond donors (Lipinski definition) is 1. The third-order valence-corrected chi connectivity index (χ3v) is 3.31. The van der Waals surface area contributed by atoms with Crippen LogP contribution >= 0.6 is 11.8 Å². The maximum absolute atomic E-state index is 10.2. The van der Waals surface area contributed by atoms with Crippen LogP contribution in [0.15, 0.2) is 41.4 Å². The van der Waals surface area contributed by atoms with E-state index in [1.54, 1.807) is 22.6 Å². The SMILES string of the molecule is CSc1ccc(C(O)c2ccnn2C)cc1. The number of aliphatic hydroxyl groups excluding tert-OH is 1. The van der Waals surface area contributed by atoms with Crippen molar-refractivity contribution in [2.45, 2.75) is 11.0 Å². The normalized spacial score (nSPS) is 12.7. The fourth-order valence-corrected chi connectivity index (χ4v) is 2.02. The summed E-state index contributed by atoms with van der Waals surface area (Å²) in [5.74, 6) is 0. The van der Waals surface area contributed by atoms with Crippen molar-refractivity contribution in [2.75, 3.05) is 6.26 Å². The summed E-state index contributed by atoms with van der Waals surface area (Å²) in [6.07, 6.45) is 3.12. The Balaban J connectivity index is 2.27. The molecule has 0 fully saturated rings. The highest BCUT2D eigenvalue weighted by molar-refractivity contribution is 7.98. The molecule has 0 bridgehead atoms. The molecule has 1 aromatic heterocycles. The highest BCUT2D eigenvalue weighted by atomic mass is 32.2. The minimum atomic E-state index is -0.608. The molecule has 0 radical (unpaired) electrons. The maximum Gasteiger partial charge on any atom is 0.121 e. The van der Waals surface area contributed by atoms with E-state index in [0.717, 1.165) is 11.3 Å². The van der Waals surface area contributed by atoms with Gasteiger partial charge in [-0.3, -0.25) is 4.68 Å². The van der Waals surface area contributed by atoms with Gasteiger partial charge in [-0.1, -0.05) is 12.1 Å². The first-order chi connectivity index (χ1) is 7.72. The van der Waals surface area contributed by atoms with Gasteiger partial charge >= 0.3 is 0 Å². The molecular formula is C12H14N2OS. The Kier molecular flexibility index (Phi) is 3.31. The van der Waals surface area contributed by atoms with Gasteiger partial charge in [-0.05, 0) is 30.0 Å². The summed E-state index contributed by atoms with van der Waals surface area (Å²) in [6, 6.07) is 9.75. The lowest BCUT2D eigenvalue weighted by Gasteiger charge is -2.11. The molecule has 1 aromatic carbocycles. The van der Waals surface area contributed by atoms with Crippen molar-refractivity contribution in [3.63, 3.8) is 0 Å². The molecule has 2 aromatic rings. The molecular weight excluding hydrogens is 220 g/mol. The Bertz CT molecular complexity index is 464. The number of nitrogens with zero attached hydrogens (tertiary/aromatic N) is 2. The first-order valence-electron chi connectivity index (χ1n) is 5.02. The van der Waals surface area contributed by atoms with E-state index in [4.69, 9.17) is 0 Å². The van der Waals surface area contributed by atoms with Gasteiger partial charge in [0.05, 0.1) is 5.69 Å². The molecule has 4 heteroatoms. The Hall–Kier alpha value is -1.26. The van der Waals surface area contributed by atoms with E-state index < -0.39 is 6.10 Å². The Morgan fingerprint density at radius 1 is 1.25 bits per heavy atom. The summed E-state index contributed by atoms with van der Waals surface area (Å²) in [6.45, 7) is 0. The quantitative estimate of drug-likeness (QED) is 0.828. The summed E-state index contributed by atoms with van der Waals surface area (Å²) in [5.41, 5.74) is 1.69. The van der Waals surface area contributed by atoms with E-state index in [1.165, 1.54) is 4.90 Å². The summed E-state index contributed by atoms with van der Waals surface area (Å²) < 4.78 is 1.69. The van der Waals surface area contributed by atoms with Crippen LogP contribution in [-0.4, -0.2) is 21.1 Å². The topological polar surface area (TPSA) is 38.1 Å². The first kappa shape index (κ1) is 11.2. The molecule has 0 saturated carbocycles. The van der Waals surface area contributed by atoms with Crippen LogP contribution in [0.4, 0.5) is 0 Å². The molecule has 0 aliphatic heterocycles. The third kappa shape index (κ3) is 2.13. The van der Waals surface area contributed by atoms with Crippen LogP contribution in [0.3, 0.4) is 0 Å². The van der Waals surface area contributed by atoms with E-state index in [9.17, 15) is 5.11 Å². The number of thioether (sulfide) groups is 1. The molecule has 0 spiro atoms. The fourth-order valence-electron chi connectivity index (χ4n) is 1.61. The summed E-state index contributed by atoms with van der Waals surface area (Å²) in [4.78, 5) is 1.20. The van der Waals surface area contributed by atoms with Crippen molar-refractivity contribution in [2.24, 2.45) is 7.05 Å². The van der Waals surface area contributed by atoms with E-state index in [0.29, 0.717) is 0 Å². The van der Waals surface area contributed by atoms with E-state index in [-0.39, 0.29) is 0 Å². The van der Waals surface area contributed by atoms with Crippen molar-refractivity contribution in [3.8, 4) is 0 Å². The molecule has 0 saturated heterocycles. The zero-order chi connectivity index (χ0) is 11.5. The standard InChI is InChI=1S/C12H14N2OS/c1-14-11(7-8-13-14)12(15)9-3-5-10(16-2)6-4-9/h3-8,12,15H,1-2H3. The van der Waals surface area contributed by atoms with Crippen LogP contribution in [0.2, 0.25) is 0 Å². The van der Waals surface area contributed by atoms with Crippen molar-refractivity contribution in [1.29, 1.82) is 0 Å². The average Bonchev–Trinajstić information content (AvgIpc) is 2.75. The molecule has 84 valence electrons. The molecule has 1 unspecified atom stereocenters. The fraction of sp³-hybridized carbons (Fsp3) is 0.250. The smallest absolute Gasteiger partial charge is 0.121 e. The van der Waals surface area contributed by atoms with E-state index in [2.05, 4.69) is 5.10 Å². The highest BCUT2D eigenvalue weighted by Gasteiger charge is 2.13. The molecule has 1 N–H and O–H groups in total. The molecule has 2 rings (SSSR count). The van der Waals surface area contributed by atoms with Gasteiger partial charge in [0.2, 0.25) is 0 Å². The van der Waals surface area contributed by atoms with Crippen molar-refractivity contribution < 1.29 is 5.11 Å². The monoisotopic (exact) mass is 234 g/mol. The van der Waals surface area contributed by atoms with Crippen molar-refractivity contribution >= 4 is 11.8 Å². The Labute approximate surface area is 99.1 Å². The Morgan fingerprint density at radius 3 is 2.44 bits per heavy atom. The second-order valence-electron chi connectivity index (χ2n) is 3.56. The van der Waals surface area contributed by atoms with E-state index in [1.807, 2.05) is 43.6 Å². The minimum absolute atomic E-state index is 0.608. The largest absolute Gasteiger partial charge is 0.382 e. The zero-order valence-electron chi connectivity index (χ0n) is 9.29. The molecule has 1 atom stereocenters. The van der Waals surface area contributed by atoms with Gasteiger partial charge in [0.25, 0.3) is 0 Å². The minimum Gasteiger partial charge on any atom is -0.382 e. The second-order valence-corrected chi connectivity index (χ2v) is 4.44. The van der Waals surface area contributed by atoms with Crippen LogP contribution in [0, 0.1) is 0 Å². The number of aryl methyl sites for hydroxylation is 1. The Morgan fingerprint density at radius 2 is 1.94 bits per heavy atom. The summed E-state index contributed by atoms with van der Waals surface area (Å²) in [5, 5.41) is 14.2. The van der Waals surface area contributed by atoms with Gasteiger partial charge in [0, 0.05) is 18.1 Å². The summed E-state index contributed by atoms with van der Waals surface area (Å²) >= 11 is 1.69. The van der Waals surface area contributed by atoms with Crippen LogP contribution in [0.25, 0.3) is 0 Å². The van der Waals surface area contributed by atoms with Gasteiger partial charge in [0.15, 0.2) is 0 Å². The van der Waals surface area contributed by atoms with Gasteiger partial charge in [-0.15, -0.1) is 11.8 Å². The lowest BCUT2D eigenvalue weighted by molar-refractivity contribution is 0.209. The van der Waals surface area contributed by atoms with Crippen molar-refractivity contribution in [3.05, 3.63) is 47.8 Å². The molecule has 0 amide bonds. The number of benzene rings is 1. The summed E-state index contributed by atoms with van der Waals surface area (Å²) in [7, 11) is 1.83. The van der Waals surface area contributed by atoms with Gasteiger partial charge in [-0.2, -0.15) is 5.10 Å². The van der Waals surface area contributed by atoms with Gasteiger partial charge in [-0.25, -0.2) is 0 Å². The number of hydrogen-bond acceptors (Lipinski definition) is 3. The maximum atomic E-state index is 10.2. The number of rotatable bonds is 3.